The second-order valence-electron chi connectivity index (χ2n) is 9.31. The van der Waals surface area contributed by atoms with Gasteiger partial charge in [-0.1, -0.05) is 37.6 Å². The number of aliphatic hydroxyl groups excluding tert-OH is 2. The number of nitrogens with one attached hydrogen (secondary N) is 1. The van der Waals surface area contributed by atoms with E-state index in [9.17, 15) is 24.6 Å². The molecule has 4 N–H and O–H groups in total. The first-order valence-electron chi connectivity index (χ1n) is 11.9. The van der Waals surface area contributed by atoms with Gasteiger partial charge in [0.2, 0.25) is 5.91 Å². The van der Waals surface area contributed by atoms with E-state index in [1.165, 1.54) is 21.9 Å². The van der Waals surface area contributed by atoms with Crippen molar-refractivity contribution in [2.75, 3.05) is 11.9 Å². The number of carbonyl (C=O) groups excluding carboxylic acids is 2. The molecule has 0 saturated carbocycles. The molecule has 1 aromatic heterocycles. The molecule has 3 atom stereocenters. The van der Waals surface area contributed by atoms with Crippen LogP contribution in [0, 0.1) is 5.92 Å². The molecule has 0 fully saturated rings. The third kappa shape index (κ3) is 9.55. The van der Waals surface area contributed by atoms with Gasteiger partial charge in [-0.25, -0.2) is 0 Å². The Balaban J connectivity index is 0.00000507. The number of carboxylic acid groups (broad SMARTS) is 1. The summed E-state index contributed by atoms with van der Waals surface area (Å²) in [5, 5.41) is 35.9. The summed E-state index contributed by atoms with van der Waals surface area (Å²) < 4.78 is 7.17. The number of anilines is 1. The van der Waals surface area contributed by atoms with E-state index in [1.807, 2.05) is 13.8 Å². The summed E-state index contributed by atoms with van der Waals surface area (Å²) in [5.74, 6) is -0.796. The van der Waals surface area contributed by atoms with Crippen molar-refractivity contribution in [3.8, 4) is 5.75 Å². The number of carbonyl (C=O) groups is 3. The number of nitrogens with zero attached hydrogens (tertiary/aromatic N) is 3. The van der Waals surface area contributed by atoms with Gasteiger partial charge in [0.05, 0.1) is 36.7 Å². The van der Waals surface area contributed by atoms with Gasteiger partial charge < -0.3 is 30.3 Å². The number of para-hydroxylation sites is 1. The monoisotopic (exact) mass is 576 g/mol. The average molecular weight is 577 g/mol. The van der Waals surface area contributed by atoms with Crippen LogP contribution in [0.2, 0.25) is 5.02 Å². The predicted molar refractivity (Wildman–Crippen MR) is 143 cm³/mol. The minimum atomic E-state index is -1.18. The van der Waals surface area contributed by atoms with Crippen molar-refractivity contribution < 1.29 is 34.4 Å². The van der Waals surface area contributed by atoms with E-state index in [0.717, 1.165) is 0 Å². The number of aliphatic hydroxyl groups is 2. The fourth-order valence-electron chi connectivity index (χ4n) is 3.96. The van der Waals surface area contributed by atoms with Gasteiger partial charge in [-0.3, -0.25) is 19.1 Å². The number of aromatic nitrogens is 2. The van der Waals surface area contributed by atoms with Crippen LogP contribution in [0.15, 0.2) is 48.4 Å². The molecular weight excluding hydrogens is 544 g/mol. The number of ether oxygens (including phenoxy) is 1. The molecule has 0 aliphatic carbocycles. The third-order valence-electron chi connectivity index (χ3n) is 5.59. The van der Waals surface area contributed by atoms with Gasteiger partial charge in [-0.05, 0) is 24.5 Å². The maximum atomic E-state index is 13.2. The molecule has 0 radical (unpaired) electrons. The van der Waals surface area contributed by atoms with Crippen LogP contribution in [0.25, 0.3) is 0 Å². The Bertz CT molecular complexity index is 1160. The molecule has 0 saturated heterocycles. The topological polar surface area (TPSA) is 154 Å². The minimum absolute atomic E-state index is 0. The molecule has 11 nitrogen and oxygen atoms in total. The van der Waals surface area contributed by atoms with Crippen LogP contribution in [0.5, 0.6) is 5.75 Å². The quantitative estimate of drug-likeness (QED) is 0.261. The number of hydrogen-bond donors (Lipinski definition) is 4. The first kappa shape index (κ1) is 32.1. The van der Waals surface area contributed by atoms with Crippen molar-refractivity contribution in [1.29, 1.82) is 0 Å². The first-order valence-corrected chi connectivity index (χ1v) is 12.3. The molecule has 3 rings (SSSR count). The second-order valence-corrected chi connectivity index (χ2v) is 9.72. The van der Waals surface area contributed by atoms with E-state index in [-0.39, 0.29) is 74.9 Å². The second kappa shape index (κ2) is 14.9. The molecule has 1 aliphatic rings. The Morgan fingerprint density at radius 1 is 1.16 bits per heavy atom. The summed E-state index contributed by atoms with van der Waals surface area (Å²) in [4.78, 5) is 38.1. The first-order chi connectivity index (χ1) is 17.5. The standard InChI is InChI=1S/C25H31ClN4O7.Ca.2H/c1-15(2)9-20(30-14-18(12-23(30)33)37-21-6-4-3-5-19(21)26)25(36)27-22-7-8-29(28-22)13-17(32)10-16(31)11-24(34)35;;;/h3-8,12,15-17,20,31-32H,9-11,13-14H2,1-2H3,(H,34,35)(H,27,28,36);;;/t16-,17+,20?;;;/m1.../s1. The molecule has 2 amide bonds. The van der Waals surface area contributed by atoms with E-state index in [0.29, 0.717) is 23.0 Å². The van der Waals surface area contributed by atoms with Crippen LogP contribution in [0.3, 0.4) is 0 Å². The van der Waals surface area contributed by atoms with Crippen molar-refractivity contribution >= 4 is 72.9 Å². The number of halogens is 1. The zero-order chi connectivity index (χ0) is 27.1. The maximum absolute atomic E-state index is 13.2. The number of hydrogen-bond acceptors (Lipinski definition) is 7. The van der Waals surface area contributed by atoms with Crippen LogP contribution in [0.4, 0.5) is 5.82 Å². The van der Waals surface area contributed by atoms with Gasteiger partial charge >= 0.3 is 43.7 Å². The molecule has 13 heteroatoms. The van der Waals surface area contributed by atoms with Crippen molar-refractivity contribution in [3.63, 3.8) is 0 Å². The number of carboxylic acids is 1. The Hall–Kier alpha value is -2.15. The molecule has 1 aromatic carbocycles. The molecule has 0 spiro atoms. The SMILES string of the molecule is CC(C)CC(C(=O)Nc1ccn(C[C@@H](O)C[C@@H](O)CC(=O)O)n1)N1CC(Oc2ccccc2Cl)=CC1=O.[CaH2]. The van der Waals surface area contributed by atoms with Gasteiger partial charge in [-0.2, -0.15) is 5.10 Å². The summed E-state index contributed by atoms with van der Waals surface area (Å²) in [5.41, 5.74) is 0. The number of rotatable bonds is 13. The average Bonchev–Trinajstić information content (AvgIpc) is 3.38. The van der Waals surface area contributed by atoms with Crippen LogP contribution in [0.1, 0.15) is 33.1 Å². The van der Waals surface area contributed by atoms with Gasteiger partial charge in [0.1, 0.15) is 17.6 Å². The van der Waals surface area contributed by atoms with Crippen LogP contribution in [-0.4, -0.2) is 110 Å². The van der Waals surface area contributed by atoms with E-state index in [2.05, 4.69) is 10.4 Å². The van der Waals surface area contributed by atoms with Gasteiger partial charge in [0, 0.05) is 24.8 Å². The normalized spacial score (nSPS) is 15.5. The summed E-state index contributed by atoms with van der Waals surface area (Å²) >= 11 is 6.15. The molecule has 204 valence electrons. The fraction of sp³-hybridized carbons (Fsp3) is 0.440. The molecule has 1 aliphatic heterocycles. The molecular formula is C25H33CaClN4O7. The zero-order valence-corrected chi connectivity index (χ0v) is 21.3. The number of benzene rings is 1. The van der Waals surface area contributed by atoms with E-state index in [1.54, 1.807) is 30.3 Å². The van der Waals surface area contributed by atoms with Crippen molar-refractivity contribution in [2.24, 2.45) is 5.92 Å². The molecule has 2 aromatic rings. The molecule has 38 heavy (non-hydrogen) atoms. The third-order valence-corrected chi connectivity index (χ3v) is 5.90. The Morgan fingerprint density at radius 3 is 2.53 bits per heavy atom. The van der Waals surface area contributed by atoms with Crippen molar-refractivity contribution in [2.45, 2.75) is 57.9 Å². The van der Waals surface area contributed by atoms with E-state index < -0.39 is 36.5 Å². The van der Waals surface area contributed by atoms with Crippen molar-refractivity contribution in [3.05, 3.63) is 53.4 Å². The van der Waals surface area contributed by atoms with Gasteiger partial charge in [-0.15, -0.1) is 0 Å². The summed E-state index contributed by atoms with van der Waals surface area (Å²) in [7, 11) is 0. The molecule has 1 unspecified atom stereocenters. The predicted octanol–water partition coefficient (Wildman–Crippen LogP) is 1.37. The Kier molecular flexibility index (Phi) is 12.5. The summed E-state index contributed by atoms with van der Waals surface area (Å²) in [6.07, 6.45) is 0.480. The zero-order valence-electron chi connectivity index (χ0n) is 20.6. The Morgan fingerprint density at radius 2 is 1.87 bits per heavy atom. The van der Waals surface area contributed by atoms with Gasteiger partial charge in [0.25, 0.3) is 5.91 Å². The van der Waals surface area contributed by atoms with Crippen LogP contribution < -0.4 is 10.1 Å². The molecule has 0 bridgehead atoms. The number of aliphatic carboxylic acids is 1. The van der Waals surface area contributed by atoms with E-state index >= 15 is 0 Å². The Labute approximate surface area is 255 Å². The van der Waals surface area contributed by atoms with Gasteiger partial charge in [0.15, 0.2) is 5.82 Å². The summed E-state index contributed by atoms with van der Waals surface area (Å²) in [6, 6.07) is 7.66. The van der Waals surface area contributed by atoms with Crippen LogP contribution in [-0.2, 0) is 20.9 Å². The van der Waals surface area contributed by atoms with Crippen molar-refractivity contribution in [1.82, 2.24) is 14.7 Å². The molecule has 2 heterocycles. The fourth-order valence-corrected chi connectivity index (χ4v) is 4.13. The van der Waals surface area contributed by atoms with E-state index in [4.69, 9.17) is 21.4 Å². The van der Waals surface area contributed by atoms with Crippen LogP contribution >= 0.6 is 11.6 Å². The number of amides is 2. The summed E-state index contributed by atoms with van der Waals surface area (Å²) in [6.45, 7) is 4.00.